The normalized spacial score (nSPS) is 22.9. The Bertz CT molecular complexity index is 317. The van der Waals surface area contributed by atoms with Crippen molar-refractivity contribution in [1.82, 2.24) is 9.62 Å². The fraction of sp³-hybridized carbons (Fsp3) is 1.00. The molecule has 5 heteroatoms. The number of nitrogens with one attached hydrogen (secondary N) is 1. The maximum Gasteiger partial charge on any atom is 0.214 e. The summed E-state index contributed by atoms with van der Waals surface area (Å²) in [4.78, 5) is 0. The first-order valence-corrected chi connectivity index (χ1v) is 8.89. The fourth-order valence-corrected chi connectivity index (χ4v) is 4.35. The van der Waals surface area contributed by atoms with Gasteiger partial charge in [0.1, 0.15) is 0 Å². The maximum atomic E-state index is 12.3. The minimum Gasteiger partial charge on any atom is -0.317 e. The molecule has 0 amide bonds. The number of unbranched alkanes of at least 4 members (excludes halogenated alkanes) is 1. The molecule has 0 aromatic heterocycles. The zero-order valence-corrected chi connectivity index (χ0v) is 12.6. The summed E-state index contributed by atoms with van der Waals surface area (Å²) in [5.41, 5.74) is 0. The predicted octanol–water partition coefficient (Wildman–Crippen LogP) is 1.97. The van der Waals surface area contributed by atoms with Gasteiger partial charge in [0.2, 0.25) is 10.0 Å². The lowest BCUT2D eigenvalue weighted by atomic mass is 10.1. The Morgan fingerprint density at radius 3 is 2.72 bits per heavy atom. The lowest BCUT2D eigenvalue weighted by molar-refractivity contribution is 0.341. The minimum absolute atomic E-state index is 0.186. The van der Waals surface area contributed by atoms with Crippen LogP contribution in [-0.4, -0.2) is 44.2 Å². The van der Waals surface area contributed by atoms with Crippen molar-refractivity contribution in [2.24, 2.45) is 0 Å². The van der Waals surface area contributed by atoms with Crippen LogP contribution in [-0.2, 0) is 10.0 Å². The first kappa shape index (κ1) is 15.9. The van der Waals surface area contributed by atoms with Gasteiger partial charge in [-0.3, -0.25) is 0 Å². The minimum atomic E-state index is -3.04. The molecule has 1 unspecified atom stereocenters. The van der Waals surface area contributed by atoms with Gasteiger partial charge < -0.3 is 5.32 Å². The third-order valence-electron chi connectivity index (χ3n) is 3.61. The highest BCUT2D eigenvalue weighted by atomic mass is 32.2. The summed E-state index contributed by atoms with van der Waals surface area (Å²) in [5, 5.41) is 3.22. The van der Waals surface area contributed by atoms with Crippen LogP contribution in [0.2, 0.25) is 0 Å². The van der Waals surface area contributed by atoms with Crippen molar-refractivity contribution in [3.63, 3.8) is 0 Å². The van der Waals surface area contributed by atoms with Crippen molar-refractivity contribution in [2.75, 3.05) is 25.4 Å². The van der Waals surface area contributed by atoms with Crippen LogP contribution >= 0.6 is 0 Å². The number of rotatable bonds is 7. The Morgan fingerprint density at radius 2 is 2.00 bits per heavy atom. The lowest BCUT2D eigenvalue weighted by Crippen LogP contribution is -2.39. The molecule has 0 bridgehead atoms. The highest BCUT2D eigenvalue weighted by Crippen LogP contribution is 2.20. The van der Waals surface area contributed by atoms with E-state index in [4.69, 9.17) is 0 Å². The predicted molar refractivity (Wildman–Crippen MR) is 76.2 cm³/mol. The molecule has 0 aromatic rings. The van der Waals surface area contributed by atoms with E-state index in [1.165, 1.54) is 0 Å². The van der Waals surface area contributed by atoms with Gasteiger partial charge in [0, 0.05) is 12.6 Å². The Balaban J connectivity index is 2.40. The maximum absolute atomic E-state index is 12.3. The van der Waals surface area contributed by atoms with Gasteiger partial charge in [-0.25, -0.2) is 8.42 Å². The standard InChI is InChI=1S/C13H28N2O2S/c1-3-14-10-6-8-12-18(16,17)15-11-7-4-5-9-13(15)2/h13-14H,3-12H2,1-2H3. The molecule has 18 heavy (non-hydrogen) atoms. The van der Waals surface area contributed by atoms with E-state index in [1.807, 2.05) is 6.92 Å². The quantitative estimate of drug-likeness (QED) is 0.723. The molecule has 0 aliphatic carbocycles. The van der Waals surface area contributed by atoms with Crippen LogP contribution in [0, 0.1) is 0 Å². The smallest absolute Gasteiger partial charge is 0.214 e. The van der Waals surface area contributed by atoms with Gasteiger partial charge in [0.15, 0.2) is 0 Å². The summed E-state index contributed by atoms with van der Waals surface area (Å²) in [5.74, 6) is 0.308. The molecule has 1 fully saturated rings. The molecule has 1 aliphatic rings. The van der Waals surface area contributed by atoms with Crippen molar-refractivity contribution in [3.05, 3.63) is 0 Å². The molecule has 1 atom stereocenters. The second-order valence-electron chi connectivity index (χ2n) is 5.19. The third-order valence-corrected chi connectivity index (χ3v) is 5.67. The van der Waals surface area contributed by atoms with Crippen LogP contribution in [0.3, 0.4) is 0 Å². The van der Waals surface area contributed by atoms with Crippen molar-refractivity contribution < 1.29 is 8.42 Å². The van der Waals surface area contributed by atoms with E-state index in [-0.39, 0.29) is 6.04 Å². The third kappa shape index (κ3) is 5.24. The van der Waals surface area contributed by atoms with Gasteiger partial charge in [-0.2, -0.15) is 4.31 Å². The molecule has 0 saturated carbocycles. The van der Waals surface area contributed by atoms with E-state index in [1.54, 1.807) is 4.31 Å². The number of hydrogen-bond donors (Lipinski definition) is 1. The highest BCUT2D eigenvalue weighted by Gasteiger charge is 2.27. The van der Waals surface area contributed by atoms with Crippen molar-refractivity contribution in [1.29, 1.82) is 0 Å². The average molecular weight is 276 g/mol. The van der Waals surface area contributed by atoms with Gasteiger partial charge in [-0.05, 0) is 45.7 Å². The average Bonchev–Trinajstić information content (AvgIpc) is 2.54. The Morgan fingerprint density at radius 1 is 1.22 bits per heavy atom. The van der Waals surface area contributed by atoms with Gasteiger partial charge in [-0.1, -0.05) is 19.8 Å². The van der Waals surface area contributed by atoms with Gasteiger partial charge in [0.05, 0.1) is 5.75 Å². The van der Waals surface area contributed by atoms with E-state index in [0.29, 0.717) is 5.75 Å². The van der Waals surface area contributed by atoms with Crippen LogP contribution in [0.25, 0.3) is 0 Å². The second kappa shape index (κ2) is 8.12. The van der Waals surface area contributed by atoms with Gasteiger partial charge in [-0.15, -0.1) is 0 Å². The van der Waals surface area contributed by atoms with Crippen LogP contribution in [0.5, 0.6) is 0 Å². The van der Waals surface area contributed by atoms with E-state index in [9.17, 15) is 8.42 Å². The fourth-order valence-electron chi connectivity index (χ4n) is 2.49. The van der Waals surface area contributed by atoms with Gasteiger partial charge >= 0.3 is 0 Å². The molecule has 0 radical (unpaired) electrons. The zero-order valence-electron chi connectivity index (χ0n) is 11.8. The van der Waals surface area contributed by atoms with Crippen molar-refractivity contribution in [2.45, 2.75) is 58.4 Å². The number of nitrogens with zero attached hydrogens (tertiary/aromatic N) is 1. The zero-order chi connectivity index (χ0) is 13.4. The van der Waals surface area contributed by atoms with Crippen LogP contribution in [0.4, 0.5) is 0 Å². The summed E-state index contributed by atoms with van der Waals surface area (Å²) < 4.78 is 26.3. The molecule has 1 saturated heterocycles. The molecular formula is C13H28N2O2S. The molecule has 1 rings (SSSR count). The first-order valence-electron chi connectivity index (χ1n) is 7.28. The van der Waals surface area contributed by atoms with E-state index in [0.717, 1.165) is 58.2 Å². The van der Waals surface area contributed by atoms with E-state index < -0.39 is 10.0 Å². The summed E-state index contributed by atoms with van der Waals surface area (Å²) in [7, 11) is -3.04. The van der Waals surface area contributed by atoms with Crippen LogP contribution < -0.4 is 5.32 Å². The molecular weight excluding hydrogens is 248 g/mol. The second-order valence-corrected chi connectivity index (χ2v) is 7.23. The van der Waals surface area contributed by atoms with E-state index in [2.05, 4.69) is 12.2 Å². The Labute approximate surface area is 112 Å². The molecule has 108 valence electrons. The Hall–Kier alpha value is -0.130. The molecule has 1 N–H and O–H groups in total. The largest absolute Gasteiger partial charge is 0.317 e. The molecule has 0 spiro atoms. The van der Waals surface area contributed by atoms with Gasteiger partial charge in [0.25, 0.3) is 0 Å². The Kier molecular flexibility index (Phi) is 7.19. The van der Waals surface area contributed by atoms with Crippen molar-refractivity contribution >= 4 is 10.0 Å². The van der Waals surface area contributed by atoms with Crippen LogP contribution in [0.15, 0.2) is 0 Å². The number of sulfonamides is 1. The summed E-state index contributed by atoms with van der Waals surface area (Å²) in [6.07, 6.45) is 6.05. The summed E-state index contributed by atoms with van der Waals surface area (Å²) in [6, 6.07) is 0.186. The van der Waals surface area contributed by atoms with Crippen molar-refractivity contribution in [3.8, 4) is 0 Å². The van der Waals surface area contributed by atoms with Crippen LogP contribution in [0.1, 0.15) is 52.4 Å². The molecule has 1 aliphatic heterocycles. The highest BCUT2D eigenvalue weighted by molar-refractivity contribution is 7.89. The first-order chi connectivity index (χ1) is 8.58. The topological polar surface area (TPSA) is 49.4 Å². The SMILES string of the molecule is CCNCCCCS(=O)(=O)N1CCCCCC1C. The number of hydrogen-bond acceptors (Lipinski definition) is 3. The monoisotopic (exact) mass is 276 g/mol. The molecule has 0 aromatic carbocycles. The summed E-state index contributed by atoms with van der Waals surface area (Å²) >= 11 is 0. The molecule has 1 heterocycles. The molecule has 4 nitrogen and oxygen atoms in total. The summed E-state index contributed by atoms with van der Waals surface area (Å²) in [6.45, 7) is 6.70. The van der Waals surface area contributed by atoms with E-state index >= 15 is 0 Å². The lowest BCUT2D eigenvalue weighted by Gasteiger charge is -2.26.